The van der Waals surface area contributed by atoms with Crippen molar-refractivity contribution in [2.75, 3.05) is 7.05 Å². The summed E-state index contributed by atoms with van der Waals surface area (Å²) in [5.74, 6) is 0.621. The van der Waals surface area contributed by atoms with Gasteiger partial charge in [0.15, 0.2) is 0 Å². The summed E-state index contributed by atoms with van der Waals surface area (Å²) in [7, 11) is 2.34. The Bertz CT molecular complexity index is 758. The summed E-state index contributed by atoms with van der Waals surface area (Å²) in [6.07, 6.45) is 3.97. The van der Waals surface area contributed by atoms with Crippen LogP contribution in [0.15, 0.2) is 60.2 Å². The van der Waals surface area contributed by atoms with Gasteiger partial charge < -0.3 is 0 Å². The summed E-state index contributed by atoms with van der Waals surface area (Å²) in [6.45, 7) is 0. The van der Waals surface area contributed by atoms with Crippen molar-refractivity contribution >= 4 is 5.57 Å². The minimum absolute atomic E-state index is 0.621. The molecule has 2 heterocycles. The van der Waals surface area contributed by atoms with E-state index in [9.17, 15) is 0 Å². The highest BCUT2D eigenvalue weighted by Crippen LogP contribution is 2.55. The van der Waals surface area contributed by atoms with E-state index in [1.54, 1.807) is 11.1 Å². The summed E-state index contributed by atoms with van der Waals surface area (Å²) in [6, 6.07) is 21.6. The van der Waals surface area contributed by atoms with Crippen LogP contribution in [-0.4, -0.2) is 24.0 Å². The van der Waals surface area contributed by atoms with Crippen molar-refractivity contribution in [1.82, 2.24) is 4.90 Å². The van der Waals surface area contributed by atoms with E-state index in [0.717, 1.165) is 6.04 Å². The molecule has 1 nitrogen and oxygen atoms in total. The van der Waals surface area contributed by atoms with E-state index in [-0.39, 0.29) is 0 Å². The van der Waals surface area contributed by atoms with Gasteiger partial charge in [-0.25, -0.2) is 0 Å². The molecule has 1 heteroatoms. The Morgan fingerprint density at radius 2 is 1.68 bits per heavy atom. The Balaban J connectivity index is 1.76. The molecule has 2 fully saturated rings. The van der Waals surface area contributed by atoms with Gasteiger partial charge in [-0.05, 0) is 48.6 Å². The van der Waals surface area contributed by atoms with Crippen LogP contribution in [0, 0.1) is 0 Å². The van der Waals surface area contributed by atoms with Gasteiger partial charge >= 0.3 is 0 Å². The quantitative estimate of drug-likeness (QED) is 0.749. The largest absolute Gasteiger partial charge is 0.299 e. The summed E-state index contributed by atoms with van der Waals surface area (Å²) in [5, 5.41) is 0. The van der Waals surface area contributed by atoms with E-state index >= 15 is 0 Å². The first-order chi connectivity index (χ1) is 10.8. The molecule has 2 saturated heterocycles. The molecule has 5 rings (SSSR count). The molecule has 1 aliphatic carbocycles. The lowest BCUT2D eigenvalue weighted by molar-refractivity contribution is 0.193. The lowest BCUT2D eigenvalue weighted by Gasteiger charge is -2.38. The van der Waals surface area contributed by atoms with Crippen LogP contribution >= 0.6 is 0 Å². The van der Waals surface area contributed by atoms with Crippen molar-refractivity contribution in [2.24, 2.45) is 0 Å². The van der Waals surface area contributed by atoms with E-state index in [1.807, 2.05) is 0 Å². The van der Waals surface area contributed by atoms with Crippen LogP contribution in [0.1, 0.15) is 41.9 Å². The van der Waals surface area contributed by atoms with Gasteiger partial charge in [-0.2, -0.15) is 0 Å². The van der Waals surface area contributed by atoms with E-state index in [2.05, 4.69) is 66.5 Å². The average Bonchev–Trinajstić information content (AvgIpc) is 3.00. The maximum atomic E-state index is 2.65. The predicted octanol–water partition coefficient (Wildman–Crippen LogP) is 4.45. The van der Waals surface area contributed by atoms with Gasteiger partial charge in [0.25, 0.3) is 0 Å². The summed E-state index contributed by atoms with van der Waals surface area (Å²) >= 11 is 0. The Labute approximate surface area is 132 Å². The number of benzene rings is 2. The maximum absolute atomic E-state index is 2.65. The molecular formula is C21H21N. The van der Waals surface area contributed by atoms with Crippen molar-refractivity contribution < 1.29 is 0 Å². The van der Waals surface area contributed by atoms with Gasteiger partial charge in [0.05, 0.1) is 0 Å². The van der Waals surface area contributed by atoms with E-state index < -0.39 is 0 Å². The van der Waals surface area contributed by atoms with E-state index in [0.29, 0.717) is 12.0 Å². The van der Waals surface area contributed by atoms with Crippen LogP contribution in [0.2, 0.25) is 0 Å². The summed E-state index contributed by atoms with van der Waals surface area (Å²) in [4.78, 5) is 2.65. The Kier molecular flexibility index (Phi) is 2.63. The molecule has 2 aromatic carbocycles. The first kappa shape index (κ1) is 12.7. The third kappa shape index (κ3) is 1.58. The molecule has 110 valence electrons. The molecule has 3 unspecified atom stereocenters. The average molecular weight is 287 g/mol. The Morgan fingerprint density at radius 3 is 2.55 bits per heavy atom. The number of hydrogen-bond donors (Lipinski definition) is 0. The maximum Gasteiger partial charge on any atom is 0.0220 e. The highest BCUT2D eigenvalue weighted by atomic mass is 15.2. The highest BCUT2D eigenvalue weighted by Gasteiger charge is 2.47. The summed E-state index contributed by atoms with van der Waals surface area (Å²) < 4.78 is 0. The van der Waals surface area contributed by atoms with Crippen LogP contribution in [0.25, 0.3) is 5.57 Å². The smallest absolute Gasteiger partial charge is 0.0220 e. The lowest BCUT2D eigenvalue weighted by atomic mass is 9.83. The van der Waals surface area contributed by atoms with Gasteiger partial charge in [-0.15, -0.1) is 0 Å². The molecule has 3 aliphatic rings. The molecule has 0 radical (unpaired) electrons. The number of likely N-dealkylation sites (N-methyl/N-ethyl adjacent to an activating group) is 1. The molecule has 0 N–H and O–H groups in total. The van der Waals surface area contributed by atoms with Gasteiger partial charge in [-0.1, -0.05) is 60.2 Å². The molecular weight excluding hydrogens is 266 g/mol. The van der Waals surface area contributed by atoms with Crippen LogP contribution < -0.4 is 0 Å². The highest BCUT2D eigenvalue weighted by molar-refractivity contribution is 5.89. The Hall–Kier alpha value is -1.86. The van der Waals surface area contributed by atoms with Gasteiger partial charge in [0, 0.05) is 18.0 Å². The molecule has 0 amide bonds. The van der Waals surface area contributed by atoms with Crippen molar-refractivity contribution in [3.8, 4) is 0 Å². The van der Waals surface area contributed by atoms with Crippen LogP contribution in [0.5, 0.6) is 0 Å². The van der Waals surface area contributed by atoms with Gasteiger partial charge in [0.1, 0.15) is 0 Å². The second kappa shape index (κ2) is 4.57. The fourth-order valence-electron chi connectivity index (χ4n) is 5.07. The number of nitrogens with zero attached hydrogens (tertiary/aromatic N) is 1. The predicted molar refractivity (Wildman–Crippen MR) is 90.8 cm³/mol. The lowest BCUT2D eigenvalue weighted by Crippen LogP contribution is -2.41. The SMILES string of the molecule is CN1C2CCC1C1C(=C(c3ccccc3)c3ccccc31)C2. The number of hydrogen-bond acceptors (Lipinski definition) is 1. The van der Waals surface area contributed by atoms with Crippen LogP contribution in [0.3, 0.4) is 0 Å². The fourth-order valence-corrected chi connectivity index (χ4v) is 5.07. The van der Waals surface area contributed by atoms with Crippen molar-refractivity contribution in [2.45, 2.75) is 37.3 Å². The van der Waals surface area contributed by atoms with Gasteiger partial charge in [-0.3, -0.25) is 4.90 Å². The topological polar surface area (TPSA) is 3.24 Å². The molecule has 2 bridgehead atoms. The van der Waals surface area contributed by atoms with E-state index in [4.69, 9.17) is 0 Å². The number of rotatable bonds is 1. The normalized spacial score (nSPS) is 29.6. The summed E-state index contributed by atoms with van der Waals surface area (Å²) in [5.41, 5.74) is 7.68. The molecule has 3 atom stereocenters. The van der Waals surface area contributed by atoms with Crippen LogP contribution in [0.4, 0.5) is 0 Å². The second-order valence-corrected chi connectivity index (χ2v) is 7.00. The first-order valence-electron chi connectivity index (χ1n) is 8.44. The zero-order valence-corrected chi connectivity index (χ0v) is 13.0. The van der Waals surface area contributed by atoms with Gasteiger partial charge in [0.2, 0.25) is 0 Å². The Morgan fingerprint density at radius 1 is 0.909 bits per heavy atom. The molecule has 0 saturated carbocycles. The standard InChI is InChI=1S/C21H21N/c1-22-15-11-12-19(22)21-17-10-6-5-9-16(17)20(18(21)13-15)14-7-3-2-4-8-14/h2-10,15,19,21H,11-13H2,1H3. The van der Waals surface area contributed by atoms with Crippen molar-refractivity contribution in [3.05, 3.63) is 76.9 Å². The minimum Gasteiger partial charge on any atom is -0.299 e. The fraction of sp³-hybridized carbons (Fsp3) is 0.333. The number of piperidine rings is 1. The molecule has 2 aromatic rings. The van der Waals surface area contributed by atoms with Crippen molar-refractivity contribution in [3.63, 3.8) is 0 Å². The third-order valence-electron chi connectivity index (χ3n) is 6.06. The second-order valence-electron chi connectivity index (χ2n) is 7.00. The zero-order chi connectivity index (χ0) is 14.7. The molecule has 0 aromatic heterocycles. The first-order valence-corrected chi connectivity index (χ1v) is 8.44. The molecule has 22 heavy (non-hydrogen) atoms. The third-order valence-corrected chi connectivity index (χ3v) is 6.06. The van der Waals surface area contributed by atoms with Crippen LogP contribution in [-0.2, 0) is 0 Å². The number of fused-ring (bicyclic) bond motifs is 6. The molecule has 2 aliphatic heterocycles. The van der Waals surface area contributed by atoms with Crippen molar-refractivity contribution in [1.29, 1.82) is 0 Å². The molecule has 0 spiro atoms. The monoisotopic (exact) mass is 287 g/mol. The van der Waals surface area contributed by atoms with E-state index in [1.165, 1.54) is 36.0 Å². The zero-order valence-electron chi connectivity index (χ0n) is 13.0. The minimum atomic E-state index is 0.621.